The summed E-state index contributed by atoms with van der Waals surface area (Å²) in [5, 5.41) is 0. The number of fused-ring (bicyclic) bond motifs is 1. The molecule has 7 nitrogen and oxygen atoms in total. The van der Waals surface area contributed by atoms with E-state index in [9.17, 15) is 21.6 Å². The van der Waals surface area contributed by atoms with Crippen LogP contribution in [0.4, 0.5) is 4.39 Å². The molecule has 0 aliphatic carbocycles. The molecule has 0 radical (unpaired) electrons. The molecule has 0 aromatic heterocycles. The zero-order chi connectivity index (χ0) is 31.2. The first kappa shape index (κ1) is 30.3. The zero-order valence-corrected chi connectivity index (χ0v) is 26.0. The fourth-order valence-corrected chi connectivity index (χ4v) is 9.98. The smallest absolute Gasteiger partial charge is 0.243 e. The van der Waals surface area contributed by atoms with E-state index >= 15 is 4.39 Å². The van der Waals surface area contributed by atoms with Gasteiger partial charge < -0.3 is 0 Å². The number of benzene rings is 4. The molecular formula is C34H33FN2O5S2. The molecule has 228 valence electrons. The number of ketones is 1. The van der Waals surface area contributed by atoms with Crippen molar-refractivity contribution in [3.05, 3.63) is 131 Å². The Balaban J connectivity index is 1.52. The first-order chi connectivity index (χ1) is 21.0. The minimum absolute atomic E-state index is 0.0155. The Morgan fingerprint density at radius 1 is 0.682 bits per heavy atom. The van der Waals surface area contributed by atoms with Crippen molar-refractivity contribution in [3.8, 4) is 0 Å². The summed E-state index contributed by atoms with van der Waals surface area (Å²) >= 11 is 0. The van der Waals surface area contributed by atoms with Crippen molar-refractivity contribution in [1.29, 1.82) is 0 Å². The molecule has 0 N–H and O–H groups in total. The van der Waals surface area contributed by atoms with Gasteiger partial charge in [0.15, 0.2) is 0 Å². The summed E-state index contributed by atoms with van der Waals surface area (Å²) in [6, 6.07) is 25.0. The van der Waals surface area contributed by atoms with Crippen molar-refractivity contribution in [2.24, 2.45) is 5.92 Å². The lowest BCUT2D eigenvalue weighted by atomic mass is 9.77. The molecule has 10 heteroatoms. The number of halogens is 1. The highest BCUT2D eigenvalue weighted by atomic mass is 32.2. The van der Waals surface area contributed by atoms with Gasteiger partial charge in [-0.1, -0.05) is 83.9 Å². The van der Waals surface area contributed by atoms with Crippen LogP contribution in [0.2, 0.25) is 0 Å². The number of nitrogens with zero attached hydrogens (tertiary/aromatic N) is 2. The number of carbonyl (C=O) groups excluding carboxylic acids is 1. The molecule has 6 rings (SSSR count). The molecule has 4 aromatic rings. The second-order valence-corrected chi connectivity index (χ2v) is 15.3. The third-order valence-corrected chi connectivity index (χ3v) is 12.6. The summed E-state index contributed by atoms with van der Waals surface area (Å²) in [6.07, 6.45) is -0.261. The monoisotopic (exact) mass is 632 g/mol. The third kappa shape index (κ3) is 5.40. The minimum Gasteiger partial charge on any atom is -0.299 e. The number of rotatable bonds is 6. The summed E-state index contributed by atoms with van der Waals surface area (Å²) in [4.78, 5) is 14.0. The lowest BCUT2D eigenvalue weighted by Gasteiger charge is -2.51. The lowest BCUT2D eigenvalue weighted by molar-refractivity contribution is -0.132. The fourth-order valence-electron chi connectivity index (χ4n) is 6.47. The molecule has 2 heterocycles. The molecule has 2 fully saturated rings. The van der Waals surface area contributed by atoms with Crippen LogP contribution in [-0.2, 0) is 24.8 Å². The Bertz CT molecular complexity index is 1900. The van der Waals surface area contributed by atoms with Gasteiger partial charge in [-0.3, -0.25) is 4.79 Å². The van der Waals surface area contributed by atoms with E-state index in [0.29, 0.717) is 5.56 Å². The van der Waals surface area contributed by atoms with Gasteiger partial charge in [-0.05, 0) is 56.2 Å². The molecule has 44 heavy (non-hydrogen) atoms. The molecule has 0 spiro atoms. The number of hydrogen-bond donors (Lipinski definition) is 0. The van der Waals surface area contributed by atoms with Crippen LogP contribution in [0.3, 0.4) is 0 Å². The second kappa shape index (κ2) is 11.7. The standard InChI is InChI=1S/C34H33FN2O5S2/c1-23-12-16-25(17-13-23)31-20-32-29(22-36(31)43(39,40)26-8-4-3-5-9-26)34(38)21-33(28-10-6-7-11-30(28)35)37(32)44(41,42)27-18-14-24(2)15-19-27/h3-19,29,31-33H,20-22H2,1-2H3/t29-,31+,32+,33+/m1/s1. The molecule has 0 saturated carbocycles. The molecule has 2 aliphatic rings. The summed E-state index contributed by atoms with van der Waals surface area (Å²) < 4.78 is 75.2. The van der Waals surface area contributed by atoms with Gasteiger partial charge in [0.25, 0.3) is 0 Å². The van der Waals surface area contributed by atoms with E-state index in [4.69, 9.17) is 0 Å². The quantitative estimate of drug-likeness (QED) is 0.261. The highest BCUT2D eigenvalue weighted by molar-refractivity contribution is 7.89. The normalized spacial score (nSPS) is 23.3. The Morgan fingerprint density at radius 3 is 1.89 bits per heavy atom. The van der Waals surface area contributed by atoms with E-state index < -0.39 is 49.9 Å². The van der Waals surface area contributed by atoms with Crippen LogP contribution < -0.4 is 0 Å². The van der Waals surface area contributed by atoms with Crippen LogP contribution in [-0.4, -0.2) is 43.8 Å². The number of sulfonamides is 2. The van der Waals surface area contributed by atoms with Crippen LogP contribution in [0.1, 0.15) is 47.2 Å². The van der Waals surface area contributed by atoms with Crippen LogP contribution in [0.15, 0.2) is 113 Å². The summed E-state index contributed by atoms with van der Waals surface area (Å²) in [5.74, 6) is -1.85. The van der Waals surface area contributed by atoms with Gasteiger partial charge in [-0.2, -0.15) is 8.61 Å². The SMILES string of the molecule is Cc1ccc([C@@H]2C[C@H]3[C@@H](CN2S(=O)(=O)c2ccccc2)C(=O)C[C@@H](c2ccccc2F)N3S(=O)(=O)c2ccc(C)cc2)cc1. The average molecular weight is 633 g/mol. The summed E-state index contributed by atoms with van der Waals surface area (Å²) in [5.41, 5.74) is 2.65. The highest BCUT2D eigenvalue weighted by Crippen LogP contribution is 2.48. The van der Waals surface area contributed by atoms with Gasteiger partial charge in [0, 0.05) is 30.5 Å². The molecule has 0 unspecified atom stereocenters. The van der Waals surface area contributed by atoms with Crippen LogP contribution in [0.25, 0.3) is 0 Å². The Morgan fingerprint density at radius 2 is 1.25 bits per heavy atom. The molecule has 0 bridgehead atoms. The number of Topliss-reactive ketones (excluding diaryl/α,β-unsaturated/α-hetero) is 1. The van der Waals surface area contributed by atoms with Gasteiger partial charge in [0.05, 0.1) is 21.9 Å². The van der Waals surface area contributed by atoms with E-state index in [0.717, 1.165) is 11.1 Å². The van der Waals surface area contributed by atoms with E-state index in [1.165, 1.54) is 51.1 Å². The lowest BCUT2D eigenvalue weighted by Crippen LogP contribution is -2.61. The predicted octanol–water partition coefficient (Wildman–Crippen LogP) is 5.97. The van der Waals surface area contributed by atoms with Crippen LogP contribution in [0, 0.1) is 25.6 Å². The van der Waals surface area contributed by atoms with E-state index in [2.05, 4.69) is 0 Å². The Hall–Kier alpha value is -3.70. The number of carbonyl (C=O) groups is 1. The first-order valence-corrected chi connectivity index (χ1v) is 17.4. The maximum atomic E-state index is 15.3. The Labute approximate surface area is 258 Å². The third-order valence-electron chi connectivity index (χ3n) is 8.77. The topological polar surface area (TPSA) is 91.8 Å². The fraction of sp³-hybridized carbons (Fsp3) is 0.265. The zero-order valence-electron chi connectivity index (χ0n) is 24.4. The van der Waals surface area contributed by atoms with Crippen molar-refractivity contribution < 1.29 is 26.0 Å². The summed E-state index contributed by atoms with van der Waals surface area (Å²) in [7, 11) is -8.33. The molecular weight excluding hydrogens is 600 g/mol. The molecule has 4 atom stereocenters. The number of aryl methyl sites for hydroxylation is 2. The summed E-state index contributed by atoms with van der Waals surface area (Å²) in [6.45, 7) is 3.57. The first-order valence-electron chi connectivity index (χ1n) is 14.5. The molecule has 0 amide bonds. The van der Waals surface area contributed by atoms with Crippen molar-refractivity contribution in [2.45, 2.75) is 54.6 Å². The highest BCUT2D eigenvalue weighted by Gasteiger charge is 2.54. The van der Waals surface area contributed by atoms with Gasteiger partial charge in [-0.25, -0.2) is 21.2 Å². The van der Waals surface area contributed by atoms with E-state index in [1.807, 2.05) is 38.1 Å². The number of piperidine rings is 2. The molecule has 2 aliphatic heterocycles. The average Bonchev–Trinajstić information content (AvgIpc) is 3.01. The van der Waals surface area contributed by atoms with E-state index in [-0.39, 0.29) is 40.5 Å². The van der Waals surface area contributed by atoms with Crippen molar-refractivity contribution >= 4 is 25.8 Å². The molecule has 2 saturated heterocycles. The van der Waals surface area contributed by atoms with Crippen molar-refractivity contribution in [3.63, 3.8) is 0 Å². The largest absolute Gasteiger partial charge is 0.299 e. The van der Waals surface area contributed by atoms with Crippen molar-refractivity contribution in [2.75, 3.05) is 6.54 Å². The number of hydrogen-bond acceptors (Lipinski definition) is 5. The van der Waals surface area contributed by atoms with Gasteiger partial charge in [-0.15, -0.1) is 0 Å². The van der Waals surface area contributed by atoms with Crippen molar-refractivity contribution in [1.82, 2.24) is 8.61 Å². The van der Waals surface area contributed by atoms with E-state index in [1.54, 1.807) is 36.4 Å². The maximum Gasteiger partial charge on any atom is 0.243 e. The maximum absolute atomic E-state index is 15.3. The van der Waals surface area contributed by atoms with Gasteiger partial charge in [0.2, 0.25) is 20.0 Å². The molecule has 4 aromatic carbocycles. The Kier molecular flexibility index (Phi) is 8.04. The van der Waals surface area contributed by atoms with Gasteiger partial charge in [0.1, 0.15) is 11.6 Å². The minimum atomic E-state index is -4.26. The van der Waals surface area contributed by atoms with Gasteiger partial charge >= 0.3 is 0 Å². The van der Waals surface area contributed by atoms with Crippen LogP contribution >= 0.6 is 0 Å². The van der Waals surface area contributed by atoms with Crippen LogP contribution in [0.5, 0.6) is 0 Å². The predicted molar refractivity (Wildman–Crippen MR) is 165 cm³/mol. The second-order valence-electron chi connectivity index (χ2n) is 11.6.